The van der Waals surface area contributed by atoms with Crippen LogP contribution >= 0.6 is 0 Å². The van der Waals surface area contributed by atoms with Gasteiger partial charge in [-0.3, -0.25) is 4.79 Å². The topological polar surface area (TPSA) is 45.6 Å². The van der Waals surface area contributed by atoms with Crippen molar-refractivity contribution in [3.05, 3.63) is 23.9 Å². The van der Waals surface area contributed by atoms with E-state index in [0.717, 1.165) is 13.0 Å². The molecule has 114 valence electrons. The van der Waals surface area contributed by atoms with Gasteiger partial charge in [0.05, 0.1) is 11.5 Å². The van der Waals surface area contributed by atoms with E-state index < -0.39 is 41.3 Å². The second kappa shape index (κ2) is 4.71. The Labute approximate surface area is 114 Å². The van der Waals surface area contributed by atoms with E-state index in [0.29, 0.717) is 17.3 Å². The molecule has 1 aromatic rings. The number of rotatable bonds is 1. The van der Waals surface area contributed by atoms with Gasteiger partial charge in [0.25, 0.3) is 5.91 Å². The molecule has 2 rings (SSSR count). The molecular formula is C11H7F6N3O. The van der Waals surface area contributed by atoms with Crippen LogP contribution in [0.4, 0.5) is 32.2 Å². The van der Waals surface area contributed by atoms with Gasteiger partial charge in [0.2, 0.25) is 0 Å². The Kier molecular flexibility index (Phi) is 3.42. The number of hydrazone groups is 1. The summed E-state index contributed by atoms with van der Waals surface area (Å²) < 4.78 is 74.9. The molecule has 10 heteroatoms. The third-order valence-corrected chi connectivity index (χ3v) is 2.78. The minimum atomic E-state index is -4.80. The van der Waals surface area contributed by atoms with Crippen molar-refractivity contribution < 1.29 is 31.1 Å². The Morgan fingerprint density at radius 3 is 2.10 bits per heavy atom. The fourth-order valence-electron chi connectivity index (χ4n) is 1.69. The molecule has 1 amide bonds. The molecule has 0 saturated carbocycles. The third kappa shape index (κ3) is 2.83. The van der Waals surface area contributed by atoms with Crippen molar-refractivity contribution in [3.63, 3.8) is 0 Å². The van der Waals surface area contributed by atoms with E-state index in [1.54, 1.807) is 0 Å². The molecule has 2 heterocycles. The molecule has 0 bridgehead atoms. The van der Waals surface area contributed by atoms with Crippen LogP contribution in [0.15, 0.2) is 23.4 Å². The van der Waals surface area contributed by atoms with E-state index in [-0.39, 0.29) is 0 Å². The van der Waals surface area contributed by atoms with Crippen molar-refractivity contribution in [1.82, 2.24) is 4.98 Å². The number of alkyl halides is 6. The Bertz CT molecular complexity index is 589. The Morgan fingerprint density at radius 1 is 1.10 bits per heavy atom. The van der Waals surface area contributed by atoms with Gasteiger partial charge in [-0.25, -0.2) is 4.98 Å². The lowest BCUT2D eigenvalue weighted by Crippen LogP contribution is -2.31. The van der Waals surface area contributed by atoms with Gasteiger partial charge in [0.15, 0.2) is 11.5 Å². The molecule has 0 N–H and O–H groups in total. The number of amides is 1. The third-order valence-electron chi connectivity index (χ3n) is 2.78. The zero-order valence-corrected chi connectivity index (χ0v) is 10.3. The van der Waals surface area contributed by atoms with Gasteiger partial charge in [0, 0.05) is 6.20 Å². The van der Waals surface area contributed by atoms with Crippen LogP contribution in [0.2, 0.25) is 0 Å². The predicted octanol–water partition coefficient (Wildman–Crippen LogP) is 3.00. The van der Waals surface area contributed by atoms with Crippen molar-refractivity contribution in [2.45, 2.75) is 19.3 Å². The Morgan fingerprint density at radius 2 is 1.71 bits per heavy atom. The molecule has 0 fully saturated rings. The van der Waals surface area contributed by atoms with Crippen LogP contribution in [-0.4, -0.2) is 22.8 Å². The van der Waals surface area contributed by atoms with Gasteiger partial charge >= 0.3 is 12.4 Å². The number of carbonyl (C=O) groups is 1. The lowest BCUT2D eigenvalue weighted by Gasteiger charge is -2.12. The first kappa shape index (κ1) is 15.3. The number of anilines is 1. The molecule has 1 aromatic heterocycles. The smallest absolute Gasteiger partial charge is 0.272 e. The highest BCUT2D eigenvalue weighted by Gasteiger charge is 2.48. The number of aromatic nitrogens is 1. The number of nitrogens with zero attached hydrogens (tertiary/aromatic N) is 3. The van der Waals surface area contributed by atoms with E-state index in [4.69, 9.17) is 0 Å². The molecule has 0 aromatic carbocycles. The summed E-state index contributed by atoms with van der Waals surface area (Å²) in [6, 6.07) is 1.40. The summed E-state index contributed by atoms with van der Waals surface area (Å²) in [7, 11) is 0. The zero-order valence-electron chi connectivity index (χ0n) is 10.3. The quantitative estimate of drug-likeness (QED) is 0.749. The molecule has 1 unspecified atom stereocenters. The number of carbonyl (C=O) groups excluding carboxylic acids is 1. The van der Waals surface area contributed by atoms with Gasteiger partial charge in [-0.1, -0.05) is 0 Å². The van der Waals surface area contributed by atoms with Gasteiger partial charge in [-0.2, -0.15) is 36.5 Å². The second-order valence-corrected chi connectivity index (χ2v) is 4.26. The van der Waals surface area contributed by atoms with Crippen molar-refractivity contribution in [2.24, 2.45) is 11.0 Å². The molecule has 0 aliphatic carbocycles. The number of hydrogen-bond donors (Lipinski definition) is 0. The van der Waals surface area contributed by atoms with Crippen molar-refractivity contribution >= 4 is 17.4 Å². The second-order valence-electron chi connectivity index (χ2n) is 4.26. The van der Waals surface area contributed by atoms with Crippen molar-refractivity contribution in [2.75, 3.05) is 5.01 Å². The highest BCUT2D eigenvalue weighted by molar-refractivity contribution is 6.16. The standard InChI is InChI=1S/C11H7F6N3O/c1-5-8(11(15,16)17)19-20(9(5)21)7-3-2-6(4-18-7)10(12,13)14/h2-5H,1H3. The summed E-state index contributed by atoms with van der Waals surface area (Å²) in [4.78, 5) is 15.0. The van der Waals surface area contributed by atoms with Crippen molar-refractivity contribution in [3.8, 4) is 0 Å². The minimum absolute atomic E-state index is 0.355. The maximum Gasteiger partial charge on any atom is 0.432 e. The molecule has 0 saturated heterocycles. The Balaban J connectivity index is 2.35. The Hall–Kier alpha value is -2.13. The average molecular weight is 311 g/mol. The van der Waals surface area contributed by atoms with E-state index in [1.165, 1.54) is 0 Å². The monoisotopic (exact) mass is 311 g/mol. The first-order chi connectivity index (χ1) is 9.51. The van der Waals surface area contributed by atoms with Crippen LogP contribution in [0.3, 0.4) is 0 Å². The average Bonchev–Trinajstić information content (AvgIpc) is 2.65. The summed E-state index contributed by atoms with van der Waals surface area (Å²) in [5.41, 5.74) is -2.39. The molecule has 1 aliphatic rings. The van der Waals surface area contributed by atoms with E-state index in [2.05, 4.69) is 10.1 Å². The lowest BCUT2D eigenvalue weighted by molar-refractivity contribution is -0.137. The first-order valence-corrected chi connectivity index (χ1v) is 5.54. The maximum atomic E-state index is 12.6. The normalized spacial score (nSPS) is 20.0. The van der Waals surface area contributed by atoms with E-state index in [1.807, 2.05) is 0 Å². The molecular weight excluding hydrogens is 304 g/mol. The molecule has 4 nitrogen and oxygen atoms in total. The minimum Gasteiger partial charge on any atom is -0.272 e. The van der Waals surface area contributed by atoms with Crippen LogP contribution in [0.5, 0.6) is 0 Å². The summed E-state index contributed by atoms with van der Waals surface area (Å²) >= 11 is 0. The summed E-state index contributed by atoms with van der Waals surface area (Å²) in [5, 5.41) is 3.47. The summed E-state index contributed by atoms with van der Waals surface area (Å²) in [5.74, 6) is -2.94. The fraction of sp³-hybridized carbons (Fsp3) is 0.364. The van der Waals surface area contributed by atoms with E-state index >= 15 is 0 Å². The van der Waals surface area contributed by atoms with Crippen LogP contribution in [0, 0.1) is 5.92 Å². The number of hydrogen-bond acceptors (Lipinski definition) is 3. The van der Waals surface area contributed by atoms with Crippen LogP contribution < -0.4 is 5.01 Å². The molecule has 0 spiro atoms. The molecule has 0 radical (unpaired) electrons. The van der Waals surface area contributed by atoms with E-state index in [9.17, 15) is 31.1 Å². The number of pyridine rings is 1. The zero-order chi connectivity index (χ0) is 16.0. The van der Waals surface area contributed by atoms with Gasteiger partial charge < -0.3 is 0 Å². The lowest BCUT2D eigenvalue weighted by atomic mass is 10.1. The highest BCUT2D eigenvalue weighted by atomic mass is 19.4. The first-order valence-electron chi connectivity index (χ1n) is 5.54. The largest absolute Gasteiger partial charge is 0.432 e. The van der Waals surface area contributed by atoms with Crippen molar-refractivity contribution in [1.29, 1.82) is 0 Å². The molecule has 1 aliphatic heterocycles. The van der Waals surface area contributed by atoms with Crippen LogP contribution in [0.25, 0.3) is 0 Å². The maximum absolute atomic E-state index is 12.6. The fourth-order valence-corrected chi connectivity index (χ4v) is 1.69. The summed E-state index contributed by atoms with van der Waals surface area (Å²) in [6.45, 7) is 1.01. The molecule has 1 atom stereocenters. The van der Waals surface area contributed by atoms with Crippen LogP contribution in [0.1, 0.15) is 12.5 Å². The van der Waals surface area contributed by atoms with Crippen LogP contribution in [-0.2, 0) is 11.0 Å². The summed E-state index contributed by atoms with van der Waals surface area (Å²) in [6.07, 6.45) is -9.00. The van der Waals surface area contributed by atoms with Gasteiger partial charge in [-0.15, -0.1) is 0 Å². The highest BCUT2D eigenvalue weighted by Crippen LogP contribution is 2.33. The predicted molar refractivity (Wildman–Crippen MR) is 59.4 cm³/mol. The van der Waals surface area contributed by atoms with Gasteiger partial charge in [0.1, 0.15) is 0 Å². The molecule has 21 heavy (non-hydrogen) atoms. The number of halogens is 6. The SMILES string of the molecule is CC1C(=O)N(c2ccc(C(F)(F)F)cn2)N=C1C(F)(F)F. The van der Waals surface area contributed by atoms with Gasteiger partial charge in [-0.05, 0) is 19.1 Å².